The maximum Gasteiger partial charge on any atom is 0.0952 e. The fourth-order valence-corrected chi connectivity index (χ4v) is 8.27. The van der Waals surface area contributed by atoms with Crippen LogP contribution >= 0.6 is 0 Å². The lowest BCUT2D eigenvalue weighted by molar-refractivity contribution is -0.194. The number of rotatable bonds is 0. The van der Waals surface area contributed by atoms with Gasteiger partial charge in [0.25, 0.3) is 0 Å². The van der Waals surface area contributed by atoms with Crippen LogP contribution in [0.25, 0.3) is 0 Å². The summed E-state index contributed by atoms with van der Waals surface area (Å²) >= 11 is 0. The molecule has 0 bridgehead atoms. The van der Waals surface area contributed by atoms with Gasteiger partial charge in [-0.15, -0.1) is 0 Å². The molecule has 1 unspecified atom stereocenters. The lowest BCUT2D eigenvalue weighted by Gasteiger charge is -2.67. The van der Waals surface area contributed by atoms with E-state index in [1.807, 2.05) is 0 Å². The van der Waals surface area contributed by atoms with Crippen molar-refractivity contribution >= 4 is 0 Å². The van der Waals surface area contributed by atoms with E-state index in [4.69, 9.17) is 4.74 Å². The highest BCUT2D eigenvalue weighted by molar-refractivity contribution is 5.19. The second-order valence-electron chi connectivity index (χ2n) is 10.1. The first kappa shape index (κ1) is 13.4. The summed E-state index contributed by atoms with van der Waals surface area (Å²) in [4.78, 5) is 0. The summed E-state index contributed by atoms with van der Waals surface area (Å²) < 4.78 is 6.20. The predicted octanol–water partition coefficient (Wildman–Crippen LogP) is 5.04. The second-order valence-corrected chi connectivity index (χ2v) is 10.1. The van der Waals surface area contributed by atoms with Crippen LogP contribution in [-0.2, 0) is 4.74 Å². The van der Waals surface area contributed by atoms with Gasteiger partial charge in [-0.1, -0.05) is 33.6 Å². The van der Waals surface area contributed by atoms with Gasteiger partial charge in [-0.05, 0) is 78.9 Å². The predicted molar refractivity (Wildman–Crippen MR) is 85.0 cm³/mol. The van der Waals surface area contributed by atoms with Gasteiger partial charge in [0.05, 0.1) is 12.2 Å². The largest absolute Gasteiger partial charge is 0.369 e. The van der Waals surface area contributed by atoms with Crippen molar-refractivity contribution in [3.05, 3.63) is 0 Å². The van der Waals surface area contributed by atoms with Crippen LogP contribution in [0.5, 0.6) is 0 Å². The van der Waals surface area contributed by atoms with E-state index in [-0.39, 0.29) is 0 Å². The molecule has 1 saturated heterocycles. The molecule has 1 nitrogen and oxygen atoms in total. The molecule has 8 atom stereocenters. The molecule has 0 amide bonds. The molecule has 0 aromatic rings. The minimum absolute atomic E-state index is 0.337. The second kappa shape index (κ2) is 3.89. The highest BCUT2D eigenvalue weighted by Gasteiger charge is 2.70. The van der Waals surface area contributed by atoms with Crippen molar-refractivity contribution in [2.75, 3.05) is 6.61 Å². The fourth-order valence-electron chi connectivity index (χ4n) is 8.27. The molecule has 21 heavy (non-hydrogen) atoms. The Kier molecular flexibility index (Phi) is 2.48. The maximum atomic E-state index is 6.20. The fraction of sp³-hybridized carbons (Fsp3) is 1.00. The van der Waals surface area contributed by atoms with E-state index in [0.717, 1.165) is 36.2 Å². The first-order chi connectivity index (χ1) is 9.98. The minimum Gasteiger partial charge on any atom is -0.369 e. The molecule has 0 N–H and O–H groups in total. The van der Waals surface area contributed by atoms with Crippen LogP contribution in [0, 0.1) is 40.4 Å². The molecule has 4 saturated carbocycles. The summed E-state index contributed by atoms with van der Waals surface area (Å²) in [6.45, 7) is 8.96. The van der Waals surface area contributed by atoms with Crippen LogP contribution in [0.3, 0.4) is 0 Å². The Morgan fingerprint density at radius 1 is 0.952 bits per heavy atom. The van der Waals surface area contributed by atoms with Crippen LogP contribution in [0.1, 0.15) is 72.1 Å². The van der Waals surface area contributed by atoms with Crippen LogP contribution in [0.2, 0.25) is 0 Å². The van der Waals surface area contributed by atoms with Crippen LogP contribution in [-0.4, -0.2) is 12.2 Å². The highest BCUT2D eigenvalue weighted by Crippen LogP contribution is 2.73. The zero-order valence-electron chi connectivity index (χ0n) is 14.2. The van der Waals surface area contributed by atoms with Gasteiger partial charge in [-0.3, -0.25) is 0 Å². The first-order valence-corrected chi connectivity index (χ1v) is 9.62. The Balaban J connectivity index is 1.64. The van der Waals surface area contributed by atoms with Crippen molar-refractivity contribution < 1.29 is 4.74 Å². The van der Waals surface area contributed by atoms with Gasteiger partial charge in [0.2, 0.25) is 0 Å². The van der Waals surface area contributed by atoms with E-state index in [1.165, 1.54) is 51.4 Å². The van der Waals surface area contributed by atoms with E-state index in [1.54, 1.807) is 0 Å². The summed E-state index contributed by atoms with van der Waals surface area (Å²) in [5.41, 5.74) is 1.57. The lowest BCUT2D eigenvalue weighted by Crippen LogP contribution is -2.63. The van der Waals surface area contributed by atoms with Crippen molar-refractivity contribution in [2.24, 2.45) is 40.4 Å². The number of ether oxygens (including phenoxy) is 1. The van der Waals surface area contributed by atoms with Gasteiger partial charge in [0, 0.05) is 0 Å². The normalized spacial score (nSPS) is 65.0. The van der Waals surface area contributed by atoms with Gasteiger partial charge in [0.15, 0.2) is 0 Å². The lowest BCUT2D eigenvalue weighted by atomic mass is 9.37. The van der Waals surface area contributed by atoms with Gasteiger partial charge in [-0.25, -0.2) is 0 Å². The van der Waals surface area contributed by atoms with Gasteiger partial charge < -0.3 is 4.74 Å². The SMILES string of the molecule is C[C@H]1CC[C@@H]2[C@@H]3[C@H]1CC[C@]1(C)CCC[C@](C)(CC24CO4)[C@@H]31. The van der Waals surface area contributed by atoms with E-state index < -0.39 is 0 Å². The molecule has 0 aromatic carbocycles. The van der Waals surface area contributed by atoms with Crippen molar-refractivity contribution in [1.29, 1.82) is 0 Å². The molecule has 1 spiro atoms. The average molecular weight is 288 g/mol. The summed E-state index contributed by atoms with van der Waals surface area (Å²) in [6.07, 6.45) is 11.8. The third kappa shape index (κ3) is 1.57. The zero-order valence-corrected chi connectivity index (χ0v) is 14.2. The molecule has 1 heterocycles. The molecular weight excluding hydrogens is 256 g/mol. The van der Waals surface area contributed by atoms with Crippen LogP contribution in [0.4, 0.5) is 0 Å². The molecule has 0 radical (unpaired) electrons. The summed E-state index contributed by atoms with van der Waals surface area (Å²) in [7, 11) is 0. The Hall–Kier alpha value is -0.0400. The molecular formula is C20H32O. The quantitative estimate of drug-likeness (QED) is 0.569. The number of hydrogen-bond donors (Lipinski definition) is 0. The molecule has 118 valence electrons. The number of hydrogen-bond acceptors (Lipinski definition) is 1. The molecule has 5 fully saturated rings. The average Bonchev–Trinajstić information content (AvgIpc) is 3.17. The molecule has 5 rings (SSSR count). The summed E-state index contributed by atoms with van der Waals surface area (Å²) in [6, 6.07) is 0. The summed E-state index contributed by atoms with van der Waals surface area (Å²) in [5, 5.41) is 0. The zero-order chi connectivity index (χ0) is 14.5. The van der Waals surface area contributed by atoms with Crippen LogP contribution in [0.15, 0.2) is 0 Å². The third-order valence-electron chi connectivity index (χ3n) is 8.95. The standard InChI is InChI=1S/C20H32O/c1-13-5-6-15-16-14(13)7-10-18(2)8-4-9-19(3,17(16)18)11-20(15)12-21-20/h13-17H,4-12H2,1-3H3/t13-,14-,15+,16-,17-,18-,19+,20?/m0/s1. The molecule has 4 aliphatic carbocycles. The Morgan fingerprint density at radius 2 is 1.71 bits per heavy atom. The minimum atomic E-state index is 0.337. The van der Waals surface area contributed by atoms with E-state index >= 15 is 0 Å². The monoisotopic (exact) mass is 288 g/mol. The number of epoxide rings is 1. The first-order valence-electron chi connectivity index (χ1n) is 9.62. The van der Waals surface area contributed by atoms with E-state index in [9.17, 15) is 0 Å². The van der Waals surface area contributed by atoms with Crippen molar-refractivity contribution in [1.82, 2.24) is 0 Å². The van der Waals surface area contributed by atoms with Gasteiger partial charge in [0.1, 0.15) is 0 Å². The third-order valence-corrected chi connectivity index (χ3v) is 8.95. The Morgan fingerprint density at radius 3 is 2.48 bits per heavy atom. The van der Waals surface area contributed by atoms with Gasteiger partial charge in [-0.2, -0.15) is 0 Å². The van der Waals surface area contributed by atoms with Crippen molar-refractivity contribution in [2.45, 2.75) is 77.7 Å². The summed E-state index contributed by atoms with van der Waals surface area (Å²) in [5.74, 6) is 4.89. The smallest absolute Gasteiger partial charge is 0.0952 e. The maximum absolute atomic E-state index is 6.20. The van der Waals surface area contributed by atoms with E-state index in [2.05, 4.69) is 20.8 Å². The molecule has 1 aliphatic heterocycles. The molecule has 1 heteroatoms. The highest BCUT2D eigenvalue weighted by atomic mass is 16.6. The van der Waals surface area contributed by atoms with E-state index in [0.29, 0.717) is 16.4 Å². The van der Waals surface area contributed by atoms with Gasteiger partial charge >= 0.3 is 0 Å². The van der Waals surface area contributed by atoms with Crippen LogP contribution < -0.4 is 0 Å². The number of fused-ring (bicyclic) bond motifs is 1. The van der Waals surface area contributed by atoms with Crippen molar-refractivity contribution in [3.63, 3.8) is 0 Å². The molecule has 5 aliphatic rings. The Bertz CT molecular complexity index is 466. The molecule has 0 aromatic heterocycles. The Labute approximate surface area is 130 Å². The van der Waals surface area contributed by atoms with Crippen molar-refractivity contribution in [3.8, 4) is 0 Å². The topological polar surface area (TPSA) is 12.5 Å².